The highest BCUT2D eigenvalue weighted by atomic mass is 16.4. The van der Waals surface area contributed by atoms with Crippen molar-refractivity contribution in [2.45, 2.75) is 27.2 Å². The van der Waals surface area contributed by atoms with Gasteiger partial charge in [0, 0.05) is 34.2 Å². The van der Waals surface area contributed by atoms with Crippen LogP contribution in [0.3, 0.4) is 0 Å². The molecule has 0 rings (SSSR count). The van der Waals surface area contributed by atoms with E-state index in [1.54, 1.807) is 0 Å². The number of hydrogen-bond donors (Lipinski definition) is 6. The van der Waals surface area contributed by atoms with E-state index in [0.29, 0.717) is 0 Å². The largest absolute Gasteiger partial charge is 0.478 e. The van der Waals surface area contributed by atoms with Crippen LogP contribution in [0.15, 0.2) is 34.9 Å². The predicted octanol–water partition coefficient (Wildman–Crippen LogP) is 0.419. The number of carboxylic acid groups (broad SMARTS) is 3. The minimum atomic E-state index is -1.81. The lowest BCUT2D eigenvalue weighted by atomic mass is 9.60. The normalized spacial score (nSPS) is 16.0. The van der Waals surface area contributed by atoms with E-state index in [9.17, 15) is 45.0 Å². The van der Waals surface area contributed by atoms with Gasteiger partial charge in [0.15, 0.2) is 0 Å². The lowest BCUT2D eigenvalue weighted by Crippen LogP contribution is -2.46. The predicted molar refractivity (Wildman–Crippen MR) is 94.9 cm³/mol. The molecule has 0 aliphatic carbocycles. The summed E-state index contributed by atoms with van der Waals surface area (Å²) in [6.07, 6.45) is 2.99. The maximum atomic E-state index is 11.4. The summed E-state index contributed by atoms with van der Waals surface area (Å²) < 4.78 is 0. The molecule has 27 heavy (non-hydrogen) atoms. The van der Waals surface area contributed by atoms with Gasteiger partial charge in [-0.05, 0) is 27.2 Å². The van der Waals surface area contributed by atoms with Crippen molar-refractivity contribution in [2.24, 2.45) is 10.8 Å². The van der Waals surface area contributed by atoms with Gasteiger partial charge in [-0.2, -0.15) is 0 Å². The average molecular weight is 386 g/mol. The highest BCUT2D eigenvalue weighted by molar-refractivity contribution is 5.89. The average Bonchev–Trinajstić information content (AvgIpc) is 2.58. The van der Waals surface area contributed by atoms with Crippen LogP contribution in [0, 0.1) is 10.8 Å². The standard InChI is InChI=1S/C18H26O9/c1-11(14(22)23)6-18(7-12(2)15(24)25,8-13(3)16(26)27)17(9-20,10-21)4-5-19/h6-8,19-21H,4-5,9-10H2,1-3H3,(H,22,23)(H,24,25)(H,26,27). The third-order valence-electron chi connectivity index (χ3n) is 4.49. The fourth-order valence-corrected chi connectivity index (χ4v) is 2.76. The smallest absolute Gasteiger partial charge is 0.330 e. The van der Waals surface area contributed by atoms with E-state index in [4.69, 9.17) is 0 Å². The van der Waals surface area contributed by atoms with Gasteiger partial charge < -0.3 is 30.6 Å². The van der Waals surface area contributed by atoms with Crippen molar-refractivity contribution in [2.75, 3.05) is 19.8 Å². The van der Waals surface area contributed by atoms with Crippen LogP contribution in [-0.4, -0.2) is 68.4 Å². The van der Waals surface area contributed by atoms with E-state index >= 15 is 0 Å². The molecule has 0 aromatic rings. The molecule has 0 bridgehead atoms. The molecule has 0 atom stereocenters. The fourth-order valence-electron chi connectivity index (χ4n) is 2.76. The van der Waals surface area contributed by atoms with Crippen LogP contribution >= 0.6 is 0 Å². The van der Waals surface area contributed by atoms with E-state index in [0.717, 1.165) is 18.2 Å². The van der Waals surface area contributed by atoms with Crippen LogP contribution in [0.25, 0.3) is 0 Å². The Morgan fingerprint density at radius 2 is 1.00 bits per heavy atom. The number of carbonyl (C=O) groups is 3. The lowest BCUT2D eigenvalue weighted by Gasteiger charge is -2.44. The molecule has 0 aromatic carbocycles. The zero-order chi connectivity index (χ0) is 21.4. The summed E-state index contributed by atoms with van der Waals surface area (Å²) in [5.41, 5.74) is -4.26. The Balaban J connectivity index is 7.32. The maximum absolute atomic E-state index is 11.4. The second kappa shape index (κ2) is 10.0. The molecule has 0 aliphatic rings. The minimum Gasteiger partial charge on any atom is -0.478 e. The molecular weight excluding hydrogens is 360 g/mol. The van der Waals surface area contributed by atoms with E-state index in [1.165, 1.54) is 20.8 Å². The Labute approximate surface area is 156 Å². The van der Waals surface area contributed by atoms with Crippen LogP contribution in [-0.2, 0) is 14.4 Å². The van der Waals surface area contributed by atoms with Crippen molar-refractivity contribution in [3.63, 3.8) is 0 Å². The van der Waals surface area contributed by atoms with Crippen molar-refractivity contribution < 1.29 is 45.0 Å². The first kappa shape index (κ1) is 24.5. The Hall–Kier alpha value is -2.49. The Bertz CT molecular complexity index is 592. The number of rotatable bonds is 11. The molecule has 0 saturated carbocycles. The Morgan fingerprint density at radius 3 is 1.19 bits per heavy atom. The van der Waals surface area contributed by atoms with Gasteiger partial charge in [0.1, 0.15) is 0 Å². The molecule has 6 N–H and O–H groups in total. The molecule has 0 amide bonds. The van der Waals surface area contributed by atoms with Gasteiger partial charge in [0.05, 0.1) is 13.2 Å². The summed E-state index contributed by atoms with van der Waals surface area (Å²) in [7, 11) is 0. The monoisotopic (exact) mass is 386 g/mol. The molecule has 0 saturated heterocycles. The highest BCUT2D eigenvalue weighted by Crippen LogP contribution is 2.48. The first-order valence-electron chi connectivity index (χ1n) is 8.02. The van der Waals surface area contributed by atoms with Gasteiger partial charge in [-0.15, -0.1) is 0 Å². The first-order valence-corrected chi connectivity index (χ1v) is 8.02. The Kier molecular flexibility index (Phi) is 9.08. The summed E-state index contributed by atoms with van der Waals surface area (Å²) in [6.45, 7) is 1.56. The number of aliphatic hydroxyl groups excluding tert-OH is 3. The van der Waals surface area contributed by atoms with Gasteiger partial charge in [-0.3, -0.25) is 0 Å². The zero-order valence-electron chi connectivity index (χ0n) is 15.5. The van der Waals surface area contributed by atoms with E-state index in [1.807, 2.05) is 0 Å². The van der Waals surface area contributed by atoms with Gasteiger partial charge in [-0.1, -0.05) is 18.2 Å². The van der Waals surface area contributed by atoms with Gasteiger partial charge in [0.25, 0.3) is 0 Å². The van der Waals surface area contributed by atoms with Crippen molar-refractivity contribution in [3.8, 4) is 0 Å². The summed E-state index contributed by atoms with van der Waals surface area (Å²) in [5, 5.41) is 57.2. The molecule has 9 heteroatoms. The summed E-state index contributed by atoms with van der Waals surface area (Å²) in [4.78, 5) is 34.1. The third kappa shape index (κ3) is 5.75. The minimum absolute atomic E-state index is 0.254. The molecule has 152 valence electrons. The highest BCUT2D eigenvalue weighted by Gasteiger charge is 2.47. The third-order valence-corrected chi connectivity index (χ3v) is 4.49. The van der Waals surface area contributed by atoms with Gasteiger partial charge >= 0.3 is 17.9 Å². The van der Waals surface area contributed by atoms with E-state index in [-0.39, 0.29) is 23.1 Å². The maximum Gasteiger partial charge on any atom is 0.330 e. The van der Waals surface area contributed by atoms with Crippen molar-refractivity contribution in [1.82, 2.24) is 0 Å². The second-order valence-electron chi connectivity index (χ2n) is 6.40. The topological polar surface area (TPSA) is 173 Å². The summed E-state index contributed by atoms with van der Waals surface area (Å²) >= 11 is 0. The molecule has 9 nitrogen and oxygen atoms in total. The van der Waals surface area contributed by atoms with Crippen molar-refractivity contribution >= 4 is 17.9 Å². The van der Waals surface area contributed by atoms with Crippen molar-refractivity contribution in [1.29, 1.82) is 0 Å². The number of aliphatic hydroxyl groups is 3. The molecule has 0 heterocycles. The molecule has 0 fully saturated rings. The summed E-state index contributed by atoms with van der Waals surface area (Å²) in [5.74, 6) is -4.05. The van der Waals surface area contributed by atoms with Crippen molar-refractivity contribution in [3.05, 3.63) is 34.9 Å². The molecule has 0 spiro atoms. The van der Waals surface area contributed by atoms with Crippen LogP contribution in [0.5, 0.6) is 0 Å². The van der Waals surface area contributed by atoms with Crippen LogP contribution in [0.1, 0.15) is 27.2 Å². The summed E-state index contributed by atoms with van der Waals surface area (Å²) in [6, 6.07) is 0. The molecule has 0 aromatic heterocycles. The number of hydrogen-bond acceptors (Lipinski definition) is 6. The fraction of sp³-hybridized carbons (Fsp3) is 0.500. The van der Waals surface area contributed by atoms with Crippen LogP contribution in [0.4, 0.5) is 0 Å². The number of allylic oxidation sites excluding steroid dienone is 3. The second-order valence-corrected chi connectivity index (χ2v) is 6.40. The quantitative estimate of drug-likeness (QED) is 0.275. The van der Waals surface area contributed by atoms with Crippen LogP contribution in [0.2, 0.25) is 0 Å². The van der Waals surface area contributed by atoms with E-state index in [2.05, 4.69) is 0 Å². The van der Waals surface area contributed by atoms with Crippen LogP contribution < -0.4 is 0 Å². The number of aliphatic carboxylic acids is 3. The Morgan fingerprint density at radius 1 is 0.704 bits per heavy atom. The number of carboxylic acids is 3. The van der Waals surface area contributed by atoms with Gasteiger partial charge in [-0.25, -0.2) is 14.4 Å². The van der Waals surface area contributed by atoms with Gasteiger partial charge in [0.2, 0.25) is 0 Å². The molecule has 0 unspecified atom stereocenters. The zero-order valence-corrected chi connectivity index (χ0v) is 15.5. The molecular formula is C18H26O9. The molecule has 0 radical (unpaired) electrons. The lowest BCUT2D eigenvalue weighted by molar-refractivity contribution is -0.133. The van der Waals surface area contributed by atoms with E-state index < -0.39 is 48.6 Å². The first-order chi connectivity index (χ1) is 12.4. The SMILES string of the molecule is CC(=CC(C=C(C)C(=O)O)(C=C(C)C(=O)O)C(CO)(CO)CCO)C(=O)O. The molecule has 0 aliphatic heterocycles.